The third-order valence-corrected chi connectivity index (χ3v) is 2.39. The molecule has 0 aromatic carbocycles. The minimum atomic E-state index is -4.45. The summed E-state index contributed by atoms with van der Waals surface area (Å²) in [5, 5.41) is 10.0. The van der Waals surface area contributed by atoms with Gasteiger partial charge in [-0.2, -0.15) is 13.2 Å². The van der Waals surface area contributed by atoms with Crippen molar-refractivity contribution in [1.29, 1.82) is 0 Å². The fraction of sp³-hybridized carbons (Fsp3) is 0.714. The molecule has 0 bridgehead atoms. The SMILES string of the molecule is NC(CSCC(=O)NCC(F)(F)F)C(=O)O. The van der Waals surface area contributed by atoms with E-state index in [1.165, 1.54) is 0 Å². The van der Waals surface area contributed by atoms with Crippen molar-refractivity contribution in [3.63, 3.8) is 0 Å². The molecule has 0 aromatic heterocycles. The first-order chi connectivity index (χ1) is 7.22. The standard InChI is InChI=1S/C7H11F3N2O3S/c8-7(9,10)3-12-5(13)2-16-1-4(11)6(14)15/h4H,1-3,11H2,(H,12,13)(H,14,15). The van der Waals surface area contributed by atoms with Crippen LogP contribution in [0.2, 0.25) is 0 Å². The first-order valence-electron chi connectivity index (χ1n) is 4.12. The molecular weight excluding hydrogens is 249 g/mol. The zero-order chi connectivity index (χ0) is 12.8. The van der Waals surface area contributed by atoms with Crippen molar-refractivity contribution in [2.45, 2.75) is 12.2 Å². The average Bonchev–Trinajstić information content (AvgIpc) is 2.13. The van der Waals surface area contributed by atoms with Crippen molar-refractivity contribution < 1.29 is 27.9 Å². The van der Waals surface area contributed by atoms with Gasteiger partial charge in [-0.1, -0.05) is 0 Å². The summed E-state index contributed by atoms with van der Waals surface area (Å²) in [6.07, 6.45) is -4.45. The Morgan fingerprint density at radius 2 is 2.00 bits per heavy atom. The Bertz CT molecular complexity index is 260. The summed E-state index contributed by atoms with van der Waals surface area (Å²) in [5.41, 5.74) is 5.11. The summed E-state index contributed by atoms with van der Waals surface area (Å²) in [7, 11) is 0. The second-order valence-electron chi connectivity index (χ2n) is 2.85. The van der Waals surface area contributed by atoms with Crippen molar-refractivity contribution in [3.05, 3.63) is 0 Å². The number of nitrogens with one attached hydrogen (secondary N) is 1. The molecule has 1 atom stereocenters. The van der Waals surface area contributed by atoms with Crippen LogP contribution in [0.1, 0.15) is 0 Å². The van der Waals surface area contributed by atoms with Crippen LogP contribution in [0.25, 0.3) is 0 Å². The van der Waals surface area contributed by atoms with Gasteiger partial charge >= 0.3 is 12.1 Å². The fourth-order valence-electron chi connectivity index (χ4n) is 0.600. The maximum absolute atomic E-state index is 11.7. The highest BCUT2D eigenvalue weighted by Crippen LogP contribution is 2.12. The number of thioether (sulfide) groups is 1. The van der Waals surface area contributed by atoms with E-state index in [-0.39, 0.29) is 11.5 Å². The van der Waals surface area contributed by atoms with Gasteiger partial charge in [0.15, 0.2) is 0 Å². The second kappa shape index (κ2) is 6.59. The molecular formula is C7H11F3N2O3S. The predicted octanol–water partition coefficient (Wildman–Crippen LogP) is -0.190. The molecule has 0 radical (unpaired) electrons. The van der Waals surface area contributed by atoms with E-state index in [1.54, 1.807) is 5.32 Å². The highest BCUT2D eigenvalue weighted by molar-refractivity contribution is 8.00. The van der Waals surface area contributed by atoms with E-state index in [9.17, 15) is 22.8 Å². The molecule has 0 saturated carbocycles. The van der Waals surface area contributed by atoms with Crippen molar-refractivity contribution in [3.8, 4) is 0 Å². The smallest absolute Gasteiger partial charge is 0.405 e. The number of carbonyl (C=O) groups excluding carboxylic acids is 1. The summed E-state index contributed by atoms with van der Waals surface area (Å²) < 4.78 is 35.0. The topological polar surface area (TPSA) is 92.4 Å². The molecule has 0 heterocycles. The molecule has 0 rings (SSSR count). The zero-order valence-electron chi connectivity index (χ0n) is 8.08. The number of rotatable bonds is 6. The van der Waals surface area contributed by atoms with Gasteiger partial charge in [-0.15, -0.1) is 11.8 Å². The van der Waals surface area contributed by atoms with Crippen molar-refractivity contribution in [2.24, 2.45) is 5.73 Å². The molecule has 0 aliphatic carbocycles. The number of nitrogens with two attached hydrogens (primary N) is 1. The van der Waals surface area contributed by atoms with Crippen molar-refractivity contribution in [2.75, 3.05) is 18.1 Å². The van der Waals surface area contributed by atoms with Gasteiger partial charge in [0.1, 0.15) is 12.6 Å². The molecule has 4 N–H and O–H groups in total. The number of alkyl halides is 3. The summed E-state index contributed by atoms with van der Waals surface area (Å²) >= 11 is 0.863. The van der Waals surface area contributed by atoms with Gasteiger partial charge in [0.2, 0.25) is 5.91 Å². The Morgan fingerprint density at radius 3 is 2.44 bits per heavy atom. The van der Waals surface area contributed by atoms with Crippen LogP contribution < -0.4 is 11.1 Å². The first-order valence-corrected chi connectivity index (χ1v) is 5.27. The van der Waals surface area contributed by atoms with Crippen LogP contribution in [0.3, 0.4) is 0 Å². The normalized spacial score (nSPS) is 13.2. The van der Waals surface area contributed by atoms with Crippen molar-refractivity contribution >= 4 is 23.6 Å². The molecule has 1 unspecified atom stereocenters. The number of amides is 1. The van der Waals surface area contributed by atoms with Crippen molar-refractivity contribution in [1.82, 2.24) is 5.32 Å². The second-order valence-corrected chi connectivity index (χ2v) is 3.88. The van der Waals surface area contributed by atoms with E-state index >= 15 is 0 Å². The maximum Gasteiger partial charge on any atom is 0.405 e. The minimum Gasteiger partial charge on any atom is -0.480 e. The van der Waals surface area contributed by atoms with E-state index in [0.29, 0.717) is 0 Å². The quantitative estimate of drug-likeness (QED) is 0.615. The van der Waals surface area contributed by atoms with Crippen LogP contribution in [0.15, 0.2) is 0 Å². The van der Waals surface area contributed by atoms with Gasteiger partial charge in [-0.3, -0.25) is 9.59 Å². The number of aliphatic carboxylic acids is 1. The third kappa shape index (κ3) is 8.36. The molecule has 5 nitrogen and oxygen atoms in total. The van der Waals surface area contributed by atoms with Gasteiger partial charge in [0.05, 0.1) is 5.75 Å². The lowest BCUT2D eigenvalue weighted by atomic mass is 10.4. The fourth-order valence-corrected chi connectivity index (χ4v) is 1.40. The van der Waals surface area contributed by atoms with E-state index in [1.807, 2.05) is 0 Å². The van der Waals surface area contributed by atoms with Gasteiger partial charge in [-0.25, -0.2) is 0 Å². The number of carbonyl (C=O) groups is 2. The monoisotopic (exact) mass is 260 g/mol. The lowest BCUT2D eigenvalue weighted by Gasteiger charge is -2.08. The van der Waals surface area contributed by atoms with Crippen LogP contribution >= 0.6 is 11.8 Å². The Labute approximate surface area is 93.6 Å². The van der Waals surface area contributed by atoms with E-state index < -0.39 is 30.6 Å². The maximum atomic E-state index is 11.7. The summed E-state index contributed by atoms with van der Waals surface area (Å²) in [6, 6.07) is -1.12. The van der Waals surface area contributed by atoms with Gasteiger partial charge in [0.25, 0.3) is 0 Å². The van der Waals surface area contributed by atoms with Gasteiger partial charge < -0.3 is 16.2 Å². The van der Waals surface area contributed by atoms with E-state index in [4.69, 9.17) is 10.8 Å². The van der Waals surface area contributed by atoms with E-state index in [2.05, 4.69) is 0 Å². The molecule has 0 spiro atoms. The van der Waals surface area contributed by atoms with Crippen LogP contribution in [-0.2, 0) is 9.59 Å². The highest BCUT2D eigenvalue weighted by Gasteiger charge is 2.27. The Morgan fingerprint density at radius 1 is 1.44 bits per heavy atom. The Kier molecular flexibility index (Phi) is 6.19. The number of halogens is 3. The van der Waals surface area contributed by atoms with Crippen LogP contribution in [-0.4, -0.2) is 47.3 Å². The molecule has 0 fully saturated rings. The Hall–Kier alpha value is -0.960. The zero-order valence-corrected chi connectivity index (χ0v) is 8.90. The molecule has 1 amide bonds. The largest absolute Gasteiger partial charge is 0.480 e. The number of hydrogen-bond donors (Lipinski definition) is 3. The third-order valence-electron chi connectivity index (χ3n) is 1.33. The van der Waals surface area contributed by atoms with Crippen LogP contribution in [0.4, 0.5) is 13.2 Å². The van der Waals surface area contributed by atoms with Crippen LogP contribution in [0, 0.1) is 0 Å². The number of hydrogen-bond acceptors (Lipinski definition) is 4. The van der Waals surface area contributed by atoms with Gasteiger partial charge in [0, 0.05) is 5.75 Å². The number of carboxylic acids is 1. The van der Waals surface area contributed by atoms with Gasteiger partial charge in [-0.05, 0) is 0 Å². The lowest BCUT2D eigenvalue weighted by Crippen LogP contribution is -2.36. The average molecular weight is 260 g/mol. The predicted molar refractivity (Wildman–Crippen MR) is 52.0 cm³/mol. The van der Waals surface area contributed by atoms with Crippen LogP contribution in [0.5, 0.6) is 0 Å². The summed E-state index contributed by atoms with van der Waals surface area (Å²) in [6.45, 7) is -1.39. The molecule has 0 aliphatic heterocycles. The molecule has 0 aliphatic rings. The molecule has 94 valence electrons. The summed E-state index contributed by atoms with van der Waals surface area (Å²) in [4.78, 5) is 21.1. The number of carboxylic acid groups (broad SMARTS) is 1. The Balaban J connectivity index is 3.63. The molecule has 9 heteroatoms. The molecule has 0 aromatic rings. The summed E-state index contributed by atoms with van der Waals surface area (Å²) in [5.74, 6) is -2.31. The van der Waals surface area contributed by atoms with E-state index in [0.717, 1.165) is 11.8 Å². The highest BCUT2D eigenvalue weighted by atomic mass is 32.2. The molecule has 16 heavy (non-hydrogen) atoms. The minimum absolute atomic E-state index is 0.0330. The molecule has 0 saturated heterocycles. The lowest BCUT2D eigenvalue weighted by molar-refractivity contribution is -0.138. The first kappa shape index (κ1) is 15.0.